The molecule has 0 saturated carbocycles. The summed E-state index contributed by atoms with van der Waals surface area (Å²) in [5.41, 5.74) is 0.635. The van der Waals surface area contributed by atoms with Crippen LogP contribution in [0.4, 0.5) is 0 Å². The molecule has 0 fully saturated rings. The van der Waals surface area contributed by atoms with Crippen LogP contribution in [0.3, 0.4) is 0 Å². The van der Waals surface area contributed by atoms with Gasteiger partial charge in [-0.3, -0.25) is 0 Å². The second-order valence-corrected chi connectivity index (χ2v) is 2.26. The minimum absolute atomic E-state index is 0.105. The second kappa shape index (κ2) is 4.06. The molecule has 1 aromatic rings. The molecule has 0 atom stereocenters. The fraction of sp³-hybridized carbons (Fsp3) is 0.143. The van der Waals surface area contributed by atoms with Gasteiger partial charge < -0.3 is 9.63 Å². The quantitative estimate of drug-likeness (QED) is 0.703. The molecule has 11 heavy (non-hydrogen) atoms. The van der Waals surface area contributed by atoms with Gasteiger partial charge in [0.1, 0.15) is 5.75 Å². The summed E-state index contributed by atoms with van der Waals surface area (Å²) in [5.74, 6) is 0.451. The van der Waals surface area contributed by atoms with E-state index in [0.717, 1.165) is 0 Å². The van der Waals surface area contributed by atoms with E-state index in [2.05, 4.69) is 4.52 Å². The molecule has 0 aliphatic heterocycles. The molecule has 1 aromatic carbocycles. The third-order valence-corrected chi connectivity index (χ3v) is 1.55. The number of hydrogen-bond donors (Lipinski definition) is 1. The van der Waals surface area contributed by atoms with Crippen molar-refractivity contribution in [3.63, 3.8) is 0 Å². The standard InChI is InChI=1S/C7H7O3P/c8-5-6-3-1-2-4-7(6)10-11-9/h1-4,8H,5H2. The Morgan fingerprint density at radius 1 is 1.45 bits per heavy atom. The Hall–Kier alpha value is -0.920. The molecule has 1 rings (SSSR count). The van der Waals surface area contributed by atoms with Crippen molar-refractivity contribution in [3.05, 3.63) is 29.8 Å². The van der Waals surface area contributed by atoms with Gasteiger partial charge in [0.15, 0.2) is 0 Å². The van der Waals surface area contributed by atoms with Crippen molar-refractivity contribution >= 4 is 8.69 Å². The van der Waals surface area contributed by atoms with E-state index in [1.54, 1.807) is 24.3 Å². The molecule has 0 aliphatic rings. The first kappa shape index (κ1) is 8.18. The number of aliphatic hydroxyl groups excluding tert-OH is 1. The Kier molecular flexibility index (Phi) is 3.02. The highest BCUT2D eigenvalue weighted by Gasteiger charge is 1.99. The molecular weight excluding hydrogens is 163 g/mol. The number of benzene rings is 1. The molecular formula is C7H7O3P. The van der Waals surface area contributed by atoms with Gasteiger partial charge in [0, 0.05) is 5.56 Å². The van der Waals surface area contributed by atoms with Gasteiger partial charge in [-0.25, -0.2) is 4.57 Å². The first-order valence-electron chi connectivity index (χ1n) is 3.07. The average molecular weight is 170 g/mol. The molecule has 0 aliphatic carbocycles. The number of rotatable bonds is 3. The Morgan fingerprint density at radius 3 is 2.82 bits per heavy atom. The highest BCUT2D eigenvalue weighted by atomic mass is 31.1. The maximum atomic E-state index is 10.0. The Balaban J connectivity index is 2.92. The lowest BCUT2D eigenvalue weighted by atomic mass is 10.2. The zero-order chi connectivity index (χ0) is 8.10. The molecule has 1 N–H and O–H groups in total. The Bertz CT molecular complexity index is 249. The van der Waals surface area contributed by atoms with Crippen LogP contribution in [-0.4, -0.2) is 5.11 Å². The maximum Gasteiger partial charge on any atom is 0.395 e. The molecule has 58 valence electrons. The summed E-state index contributed by atoms with van der Waals surface area (Å²) in [6.45, 7) is -0.105. The topological polar surface area (TPSA) is 46.5 Å². The zero-order valence-electron chi connectivity index (χ0n) is 5.73. The largest absolute Gasteiger partial charge is 0.407 e. The summed E-state index contributed by atoms with van der Waals surface area (Å²) in [7, 11) is -0.402. The molecule has 0 radical (unpaired) electrons. The van der Waals surface area contributed by atoms with E-state index < -0.39 is 8.69 Å². The summed E-state index contributed by atoms with van der Waals surface area (Å²) < 4.78 is 14.7. The van der Waals surface area contributed by atoms with Crippen molar-refractivity contribution in [2.75, 3.05) is 0 Å². The van der Waals surface area contributed by atoms with Crippen LogP contribution in [0, 0.1) is 0 Å². The van der Waals surface area contributed by atoms with Gasteiger partial charge in [-0.1, -0.05) is 18.2 Å². The monoisotopic (exact) mass is 170 g/mol. The predicted molar refractivity (Wildman–Crippen MR) is 40.6 cm³/mol. The third kappa shape index (κ3) is 2.00. The first-order chi connectivity index (χ1) is 5.38. The summed E-state index contributed by atoms with van der Waals surface area (Å²) in [5, 5.41) is 8.76. The van der Waals surface area contributed by atoms with E-state index in [4.69, 9.17) is 5.11 Å². The fourth-order valence-corrected chi connectivity index (χ4v) is 1.02. The second-order valence-electron chi connectivity index (χ2n) is 1.93. The average Bonchev–Trinajstić information content (AvgIpc) is 2.06. The summed E-state index contributed by atoms with van der Waals surface area (Å²) in [6.07, 6.45) is 0. The molecule has 0 unspecified atom stereocenters. The third-order valence-electron chi connectivity index (χ3n) is 1.28. The lowest BCUT2D eigenvalue weighted by molar-refractivity contribution is 0.278. The van der Waals surface area contributed by atoms with Crippen LogP contribution in [0.2, 0.25) is 0 Å². The minimum atomic E-state index is -0.402. The summed E-state index contributed by atoms with van der Waals surface area (Å²) in [4.78, 5) is 0. The molecule has 0 bridgehead atoms. The van der Waals surface area contributed by atoms with E-state index in [1.165, 1.54) is 0 Å². The number of aliphatic hydroxyl groups is 1. The predicted octanol–water partition coefficient (Wildman–Crippen LogP) is 1.76. The van der Waals surface area contributed by atoms with Crippen LogP contribution in [0.25, 0.3) is 0 Å². The van der Waals surface area contributed by atoms with Gasteiger partial charge in [0.25, 0.3) is 0 Å². The lowest BCUT2D eigenvalue weighted by Crippen LogP contribution is -1.86. The fourth-order valence-electron chi connectivity index (χ4n) is 0.764. The highest BCUT2D eigenvalue weighted by Crippen LogP contribution is 2.20. The van der Waals surface area contributed by atoms with Crippen molar-refractivity contribution in [2.45, 2.75) is 6.61 Å². The zero-order valence-corrected chi connectivity index (χ0v) is 6.62. The Labute approximate surface area is 65.9 Å². The molecule has 3 nitrogen and oxygen atoms in total. The van der Waals surface area contributed by atoms with E-state index >= 15 is 0 Å². The molecule has 0 amide bonds. The van der Waals surface area contributed by atoms with Crippen LogP contribution >= 0.6 is 8.69 Å². The van der Waals surface area contributed by atoms with Crippen molar-refractivity contribution < 1.29 is 14.2 Å². The van der Waals surface area contributed by atoms with Crippen LogP contribution in [-0.2, 0) is 11.2 Å². The van der Waals surface area contributed by atoms with Crippen LogP contribution < -0.4 is 4.52 Å². The molecule has 0 aromatic heterocycles. The number of hydrogen-bond acceptors (Lipinski definition) is 3. The van der Waals surface area contributed by atoms with Crippen LogP contribution in [0.15, 0.2) is 24.3 Å². The summed E-state index contributed by atoms with van der Waals surface area (Å²) >= 11 is 0. The van der Waals surface area contributed by atoms with Gasteiger partial charge >= 0.3 is 8.69 Å². The van der Waals surface area contributed by atoms with Gasteiger partial charge in [-0.2, -0.15) is 0 Å². The van der Waals surface area contributed by atoms with Crippen LogP contribution in [0.5, 0.6) is 5.75 Å². The normalized spacial score (nSPS) is 9.91. The van der Waals surface area contributed by atoms with E-state index in [1.807, 2.05) is 0 Å². The van der Waals surface area contributed by atoms with Gasteiger partial charge in [0.2, 0.25) is 0 Å². The SMILES string of the molecule is O=POc1ccccc1CO. The van der Waals surface area contributed by atoms with Crippen molar-refractivity contribution in [2.24, 2.45) is 0 Å². The van der Waals surface area contributed by atoms with Gasteiger partial charge in [-0.05, 0) is 6.07 Å². The smallest absolute Gasteiger partial charge is 0.395 e. The van der Waals surface area contributed by atoms with E-state index in [0.29, 0.717) is 11.3 Å². The van der Waals surface area contributed by atoms with E-state index in [9.17, 15) is 4.57 Å². The van der Waals surface area contributed by atoms with E-state index in [-0.39, 0.29) is 6.61 Å². The van der Waals surface area contributed by atoms with Gasteiger partial charge in [0.05, 0.1) is 6.61 Å². The van der Waals surface area contributed by atoms with Crippen LogP contribution in [0.1, 0.15) is 5.56 Å². The first-order valence-corrected chi connectivity index (χ1v) is 3.80. The molecule has 4 heteroatoms. The van der Waals surface area contributed by atoms with Crippen molar-refractivity contribution in [3.8, 4) is 5.75 Å². The van der Waals surface area contributed by atoms with Crippen molar-refractivity contribution in [1.82, 2.24) is 0 Å². The van der Waals surface area contributed by atoms with Gasteiger partial charge in [-0.15, -0.1) is 0 Å². The molecule has 0 heterocycles. The minimum Gasteiger partial charge on any atom is -0.407 e. The molecule has 0 spiro atoms. The maximum absolute atomic E-state index is 10.0. The number of para-hydroxylation sites is 1. The van der Waals surface area contributed by atoms with Crippen molar-refractivity contribution in [1.29, 1.82) is 0 Å². The summed E-state index contributed by atoms with van der Waals surface area (Å²) in [6, 6.07) is 6.89. The molecule has 0 saturated heterocycles. The highest BCUT2D eigenvalue weighted by molar-refractivity contribution is 7.17. The Morgan fingerprint density at radius 2 is 2.18 bits per heavy atom. The lowest BCUT2D eigenvalue weighted by Gasteiger charge is -2.01.